The molecule has 3 rings (SSSR count). The zero-order chi connectivity index (χ0) is 15.4. The van der Waals surface area contributed by atoms with Crippen LogP contribution in [0, 0.1) is 0 Å². The summed E-state index contributed by atoms with van der Waals surface area (Å²) in [6.45, 7) is 3.08. The number of hydrogen-bond donors (Lipinski definition) is 2. The second-order valence-corrected chi connectivity index (χ2v) is 4.98. The highest BCUT2D eigenvalue weighted by Gasteiger charge is 2.72. The largest absolute Gasteiger partial charge is 0.462 e. The van der Waals surface area contributed by atoms with E-state index in [1.165, 1.54) is 19.1 Å². The molecule has 0 radical (unpaired) electrons. The molecule has 1 aromatic carbocycles. The molecule has 0 saturated carbocycles. The predicted octanol–water partition coefficient (Wildman–Crippen LogP) is -0.198. The predicted molar refractivity (Wildman–Crippen MR) is 73.7 cm³/mol. The van der Waals surface area contributed by atoms with Crippen LogP contribution in [0.2, 0.25) is 0 Å². The van der Waals surface area contributed by atoms with Gasteiger partial charge in [-0.2, -0.15) is 0 Å². The molecular formula is C15H16O7. The van der Waals surface area contributed by atoms with Gasteiger partial charge in [-0.15, -0.1) is 0 Å². The van der Waals surface area contributed by atoms with Crippen LogP contribution in [0.25, 0.3) is 0 Å². The van der Waals surface area contributed by atoms with E-state index in [-0.39, 0.29) is 34.5 Å². The Labute approximate surface area is 126 Å². The molecule has 118 valence electrons. The average Bonchev–Trinajstić information content (AvgIpc) is 2.75. The van der Waals surface area contributed by atoms with Gasteiger partial charge in [0.05, 0.1) is 6.61 Å². The minimum absolute atomic E-state index is 0. The SMILES string of the molecule is CCOC(=O)C1=C(C)OC2(O)c3ccccc3C(=O)C12O.O. The number of carbonyl (C=O) groups excluding carboxylic acids is 2. The number of allylic oxidation sites excluding steroid dienone is 1. The Kier molecular flexibility index (Phi) is 3.60. The van der Waals surface area contributed by atoms with Gasteiger partial charge in [-0.1, -0.05) is 24.3 Å². The maximum atomic E-state index is 12.5. The van der Waals surface area contributed by atoms with E-state index in [1.807, 2.05) is 0 Å². The lowest BCUT2D eigenvalue weighted by Gasteiger charge is -2.30. The third-order valence-electron chi connectivity index (χ3n) is 3.85. The van der Waals surface area contributed by atoms with Gasteiger partial charge in [-0.3, -0.25) is 4.79 Å². The number of benzene rings is 1. The van der Waals surface area contributed by atoms with E-state index in [9.17, 15) is 19.8 Å². The lowest BCUT2D eigenvalue weighted by atomic mass is 9.86. The minimum Gasteiger partial charge on any atom is -0.462 e. The molecule has 0 aromatic heterocycles. The van der Waals surface area contributed by atoms with Gasteiger partial charge in [-0.25, -0.2) is 4.79 Å². The Morgan fingerprint density at radius 2 is 1.95 bits per heavy atom. The summed E-state index contributed by atoms with van der Waals surface area (Å²) in [6, 6.07) is 6.15. The lowest BCUT2D eigenvalue weighted by Crippen LogP contribution is -2.52. The Morgan fingerprint density at radius 3 is 2.59 bits per heavy atom. The Balaban J connectivity index is 0.00000176. The van der Waals surface area contributed by atoms with Gasteiger partial charge >= 0.3 is 5.97 Å². The molecule has 2 atom stereocenters. The van der Waals surface area contributed by atoms with Gasteiger partial charge in [0.1, 0.15) is 11.3 Å². The number of hydrogen-bond acceptors (Lipinski definition) is 6. The highest BCUT2D eigenvalue weighted by atomic mass is 16.7. The first-order chi connectivity index (χ1) is 9.88. The van der Waals surface area contributed by atoms with Crippen molar-refractivity contribution in [2.75, 3.05) is 6.61 Å². The molecule has 2 unspecified atom stereocenters. The van der Waals surface area contributed by atoms with Crippen LogP contribution in [-0.4, -0.2) is 39.6 Å². The number of rotatable bonds is 2. The van der Waals surface area contributed by atoms with E-state index in [4.69, 9.17) is 9.47 Å². The summed E-state index contributed by atoms with van der Waals surface area (Å²) in [5.41, 5.74) is -2.58. The van der Waals surface area contributed by atoms with Crippen molar-refractivity contribution in [1.82, 2.24) is 0 Å². The summed E-state index contributed by atoms with van der Waals surface area (Å²) in [5.74, 6) is -3.98. The number of esters is 1. The first-order valence-electron chi connectivity index (χ1n) is 6.54. The third kappa shape index (κ3) is 1.61. The van der Waals surface area contributed by atoms with Crippen LogP contribution in [0.4, 0.5) is 0 Å². The van der Waals surface area contributed by atoms with E-state index in [0.29, 0.717) is 0 Å². The molecule has 1 aliphatic carbocycles. The van der Waals surface area contributed by atoms with Gasteiger partial charge in [0.15, 0.2) is 0 Å². The summed E-state index contributed by atoms with van der Waals surface area (Å²) >= 11 is 0. The fourth-order valence-electron chi connectivity index (χ4n) is 2.95. The summed E-state index contributed by atoms with van der Waals surface area (Å²) in [6.07, 6.45) is 0. The monoisotopic (exact) mass is 308 g/mol. The summed E-state index contributed by atoms with van der Waals surface area (Å²) in [7, 11) is 0. The summed E-state index contributed by atoms with van der Waals surface area (Å²) in [5, 5.41) is 21.6. The van der Waals surface area contributed by atoms with Gasteiger partial charge in [0, 0.05) is 11.1 Å². The van der Waals surface area contributed by atoms with Crippen molar-refractivity contribution in [2.45, 2.75) is 25.2 Å². The summed E-state index contributed by atoms with van der Waals surface area (Å²) < 4.78 is 10.2. The van der Waals surface area contributed by atoms with Crippen LogP contribution in [0.1, 0.15) is 29.8 Å². The number of ketones is 1. The van der Waals surface area contributed by atoms with Crippen LogP contribution in [0.5, 0.6) is 0 Å². The second-order valence-electron chi connectivity index (χ2n) is 4.98. The number of ether oxygens (including phenoxy) is 2. The fraction of sp³-hybridized carbons (Fsp3) is 0.333. The van der Waals surface area contributed by atoms with E-state index in [1.54, 1.807) is 19.1 Å². The maximum Gasteiger partial charge on any atom is 0.341 e. The molecule has 22 heavy (non-hydrogen) atoms. The smallest absolute Gasteiger partial charge is 0.341 e. The molecule has 4 N–H and O–H groups in total. The van der Waals surface area contributed by atoms with E-state index in [0.717, 1.165) is 0 Å². The van der Waals surface area contributed by atoms with Crippen LogP contribution in [0.3, 0.4) is 0 Å². The molecule has 1 aliphatic heterocycles. The van der Waals surface area contributed by atoms with Crippen molar-refractivity contribution >= 4 is 11.8 Å². The quantitative estimate of drug-likeness (QED) is 0.729. The van der Waals surface area contributed by atoms with Crippen LogP contribution in [0.15, 0.2) is 35.6 Å². The lowest BCUT2D eigenvalue weighted by molar-refractivity contribution is -0.236. The first kappa shape index (κ1) is 16.2. The van der Waals surface area contributed by atoms with Crippen molar-refractivity contribution in [1.29, 1.82) is 0 Å². The van der Waals surface area contributed by atoms with E-state index in [2.05, 4.69) is 0 Å². The molecular weight excluding hydrogens is 292 g/mol. The Morgan fingerprint density at radius 1 is 1.32 bits per heavy atom. The molecule has 0 bridgehead atoms. The van der Waals surface area contributed by atoms with Gasteiger partial charge in [0.25, 0.3) is 5.79 Å². The van der Waals surface area contributed by atoms with Gasteiger partial charge < -0.3 is 25.2 Å². The van der Waals surface area contributed by atoms with Crippen LogP contribution >= 0.6 is 0 Å². The van der Waals surface area contributed by atoms with Crippen molar-refractivity contribution < 1.29 is 34.8 Å². The number of Topliss-reactive ketones (excluding diaryl/α,β-unsaturated/α-hetero) is 1. The Bertz CT molecular complexity index is 693. The first-order valence-corrected chi connectivity index (χ1v) is 6.54. The van der Waals surface area contributed by atoms with Gasteiger partial charge in [0.2, 0.25) is 11.4 Å². The van der Waals surface area contributed by atoms with Crippen LogP contribution < -0.4 is 0 Å². The third-order valence-corrected chi connectivity index (χ3v) is 3.85. The molecule has 2 aliphatic rings. The molecule has 7 nitrogen and oxygen atoms in total. The number of carbonyl (C=O) groups is 2. The zero-order valence-corrected chi connectivity index (χ0v) is 12.0. The minimum atomic E-state index is -2.48. The van der Waals surface area contributed by atoms with Crippen molar-refractivity contribution in [2.24, 2.45) is 0 Å². The fourth-order valence-corrected chi connectivity index (χ4v) is 2.95. The van der Waals surface area contributed by atoms with E-state index < -0.39 is 23.1 Å². The van der Waals surface area contributed by atoms with Gasteiger partial charge in [-0.05, 0) is 13.8 Å². The molecule has 0 fully saturated rings. The molecule has 0 amide bonds. The molecule has 0 spiro atoms. The zero-order valence-electron chi connectivity index (χ0n) is 12.0. The molecule has 7 heteroatoms. The molecule has 0 saturated heterocycles. The van der Waals surface area contributed by atoms with Crippen molar-refractivity contribution in [3.8, 4) is 0 Å². The van der Waals surface area contributed by atoms with Crippen molar-refractivity contribution in [3.05, 3.63) is 46.7 Å². The maximum absolute atomic E-state index is 12.5. The highest BCUT2D eigenvalue weighted by Crippen LogP contribution is 2.54. The summed E-state index contributed by atoms with van der Waals surface area (Å²) in [4.78, 5) is 24.6. The van der Waals surface area contributed by atoms with E-state index >= 15 is 0 Å². The highest BCUT2D eigenvalue weighted by molar-refractivity contribution is 6.15. The number of aliphatic hydroxyl groups is 2. The average molecular weight is 308 g/mol. The second kappa shape index (κ2) is 4.91. The van der Waals surface area contributed by atoms with Crippen molar-refractivity contribution in [3.63, 3.8) is 0 Å². The molecule has 1 heterocycles. The van der Waals surface area contributed by atoms with Crippen LogP contribution in [-0.2, 0) is 20.1 Å². The Hall–Kier alpha value is -2.22. The number of fused-ring (bicyclic) bond motifs is 3. The normalized spacial score (nSPS) is 28.6. The topological polar surface area (TPSA) is 125 Å². The molecule has 1 aromatic rings. The standard InChI is InChI=1S/C15H14O6.H2O/c1-3-20-13(17)11-8(2)21-15(19)10-7-5-4-6-9(10)12(16)14(11,15)18;/h4-7,18-19H,3H2,1-2H3;1H2.